The van der Waals surface area contributed by atoms with Crippen molar-refractivity contribution in [2.45, 2.75) is 0 Å². The van der Waals surface area contributed by atoms with Crippen LogP contribution in [-0.2, 0) is 14.3 Å². The molecule has 8 heteroatoms. The third-order valence-corrected chi connectivity index (χ3v) is 3.09. The summed E-state index contributed by atoms with van der Waals surface area (Å²) in [5.41, 5.74) is 0.816. The molecule has 124 valence electrons. The molecule has 0 fully saturated rings. The molecule has 1 N–H and O–H groups in total. The summed E-state index contributed by atoms with van der Waals surface area (Å²) in [5.74, 6) is -1.76. The molecule has 0 atom stereocenters. The van der Waals surface area contributed by atoms with Crippen LogP contribution in [0.3, 0.4) is 0 Å². The highest BCUT2D eigenvalue weighted by atomic mass is 35.5. The molecule has 1 amide bonds. The lowest BCUT2D eigenvalue weighted by Gasteiger charge is -2.07. The van der Waals surface area contributed by atoms with E-state index in [2.05, 4.69) is 15.0 Å². The van der Waals surface area contributed by atoms with E-state index in [1.165, 1.54) is 49.7 Å². The molecule has 0 unspecified atom stereocenters. The zero-order valence-corrected chi connectivity index (χ0v) is 13.4. The fourth-order valence-corrected chi connectivity index (χ4v) is 1.89. The molecule has 2 aromatic rings. The second kappa shape index (κ2) is 8.07. The minimum atomic E-state index is -0.756. The van der Waals surface area contributed by atoms with E-state index in [0.717, 1.165) is 0 Å². The summed E-state index contributed by atoms with van der Waals surface area (Å²) in [4.78, 5) is 38.6. The van der Waals surface area contributed by atoms with Gasteiger partial charge in [0.2, 0.25) is 0 Å². The number of carbonyl (C=O) groups is 3. The van der Waals surface area contributed by atoms with Gasteiger partial charge in [0.15, 0.2) is 6.61 Å². The number of methoxy groups -OCH3 is 1. The predicted molar refractivity (Wildman–Crippen MR) is 85.9 cm³/mol. The molecule has 0 aliphatic carbocycles. The number of halogens is 1. The smallest absolute Gasteiger partial charge is 0.357 e. The summed E-state index contributed by atoms with van der Waals surface area (Å²) in [6.07, 6.45) is 1.36. The average molecular weight is 349 g/mol. The standard InChI is InChI=1S/C16H13ClN2O5/c1-23-15(21)10-2-4-12(5-3-10)19-14(20)9-24-16(22)13-8-11(17)6-7-18-13/h2-8H,9H2,1H3,(H,19,20). The number of hydrogen-bond donors (Lipinski definition) is 1. The van der Waals surface area contributed by atoms with Gasteiger partial charge in [-0.25, -0.2) is 14.6 Å². The number of pyridine rings is 1. The number of aromatic nitrogens is 1. The maximum absolute atomic E-state index is 11.8. The topological polar surface area (TPSA) is 94.6 Å². The van der Waals surface area contributed by atoms with E-state index in [0.29, 0.717) is 16.3 Å². The van der Waals surface area contributed by atoms with E-state index < -0.39 is 24.5 Å². The second-order valence-corrected chi connectivity index (χ2v) is 4.99. The molecule has 0 spiro atoms. The molecule has 1 aromatic heterocycles. The SMILES string of the molecule is COC(=O)c1ccc(NC(=O)COC(=O)c2cc(Cl)ccn2)cc1. The maximum atomic E-state index is 11.8. The van der Waals surface area contributed by atoms with Crippen LogP contribution < -0.4 is 5.32 Å². The molecule has 7 nitrogen and oxygen atoms in total. The lowest BCUT2D eigenvalue weighted by Crippen LogP contribution is -2.21. The third kappa shape index (κ3) is 4.79. The summed E-state index contributed by atoms with van der Waals surface area (Å²) in [6.45, 7) is -0.480. The number of nitrogens with zero attached hydrogens (tertiary/aromatic N) is 1. The molecular weight excluding hydrogens is 336 g/mol. The zero-order chi connectivity index (χ0) is 17.5. The van der Waals surface area contributed by atoms with Gasteiger partial charge >= 0.3 is 11.9 Å². The van der Waals surface area contributed by atoms with Gasteiger partial charge in [0.25, 0.3) is 5.91 Å². The fraction of sp³-hybridized carbons (Fsp3) is 0.125. The lowest BCUT2D eigenvalue weighted by molar-refractivity contribution is -0.119. The Kier molecular flexibility index (Phi) is 5.86. The maximum Gasteiger partial charge on any atom is 0.357 e. The van der Waals surface area contributed by atoms with Crippen molar-refractivity contribution in [3.8, 4) is 0 Å². The molecular formula is C16H13ClN2O5. The number of nitrogens with one attached hydrogen (secondary N) is 1. The minimum absolute atomic E-state index is 0.0118. The molecule has 2 rings (SSSR count). The van der Waals surface area contributed by atoms with Crippen LogP contribution in [0.15, 0.2) is 42.6 Å². The van der Waals surface area contributed by atoms with E-state index in [4.69, 9.17) is 16.3 Å². The Morgan fingerprint density at radius 2 is 1.83 bits per heavy atom. The normalized spacial score (nSPS) is 9.92. The van der Waals surface area contributed by atoms with Crippen LogP contribution in [0.2, 0.25) is 5.02 Å². The fourth-order valence-electron chi connectivity index (χ4n) is 1.73. The van der Waals surface area contributed by atoms with Gasteiger partial charge < -0.3 is 14.8 Å². The molecule has 0 aliphatic heterocycles. The summed E-state index contributed by atoms with van der Waals surface area (Å²) < 4.78 is 9.42. The highest BCUT2D eigenvalue weighted by Crippen LogP contribution is 2.11. The van der Waals surface area contributed by atoms with E-state index in [-0.39, 0.29) is 5.69 Å². The van der Waals surface area contributed by atoms with Gasteiger partial charge in [-0.1, -0.05) is 11.6 Å². The summed E-state index contributed by atoms with van der Waals surface area (Å²) in [6, 6.07) is 8.93. The van der Waals surface area contributed by atoms with Gasteiger partial charge in [-0.2, -0.15) is 0 Å². The van der Waals surface area contributed by atoms with Crippen molar-refractivity contribution < 1.29 is 23.9 Å². The van der Waals surface area contributed by atoms with Crippen LogP contribution in [0.25, 0.3) is 0 Å². The van der Waals surface area contributed by atoms with Gasteiger partial charge in [0.05, 0.1) is 12.7 Å². The first-order chi connectivity index (χ1) is 11.5. The van der Waals surface area contributed by atoms with Gasteiger partial charge in [0, 0.05) is 16.9 Å². The van der Waals surface area contributed by atoms with Gasteiger partial charge in [0.1, 0.15) is 5.69 Å². The Bertz CT molecular complexity index is 761. The van der Waals surface area contributed by atoms with E-state index in [1.807, 2.05) is 0 Å². The molecule has 24 heavy (non-hydrogen) atoms. The monoisotopic (exact) mass is 348 g/mol. The number of hydrogen-bond acceptors (Lipinski definition) is 6. The zero-order valence-electron chi connectivity index (χ0n) is 12.6. The quantitative estimate of drug-likeness (QED) is 0.833. The van der Waals surface area contributed by atoms with Crippen molar-refractivity contribution in [2.75, 3.05) is 19.0 Å². The third-order valence-electron chi connectivity index (χ3n) is 2.86. The van der Waals surface area contributed by atoms with Crippen molar-refractivity contribution in [1.29, 1.82) is 0 Å². The van der Waals surface area contributed by atoms with Crippen LogP contribution in [0.4, 0.5) is 5.69 Å². The first-order valence-corrected chi connectivity index (χ1v) is 7.14. The number of rotatable bonds is 5. The summed E-state index contributed by atoms with van der Waals surface area (Å²) in [5, 5.41) is 2.87. The highest BCUT2D eigenvalue weighted by Gasteiger charge is 2.12. The lowest BCUT2D eigenvalue weighted by atomic mass is 10.2. The first-order valence-electron chi connectivity index (χ1n) is 6.76. The predicted octanol–water partition coefficient (Wildman–Crippen LogP) is 2.32. The molecule has 1 heterocycles. The number of amides is 1. The van der Waals surface area contributed by atoms with Crippen molar-refractivity contribution in [3.05, 3.63) is 58.9 Å². The number of ether oxygens (including phenoxy) is 2. The van der Waals surface area contributed by atoms with E-state index in [1.54, 1.807) is 0 Å². The Balaban J connectivity index is 1.87. The Morgan fingerprint density at radius 3 is 2.46 bits per heavy atom. The molecule has 1 aromatic carbocycles. The van der Waals surface area contributed by atoms with Gasteiger partial charge in [-0.05, 0) is 36.4 Å². The molecule has 0 aliphatic rings. The van der Waals surface area contributed by atoms with Gasteiger partial charge in [-0.15, -0.1) is 0 Å². The van der Waals surface area contributed by atoms with Gasteiger partial charge in [-0.3, -0.25) is 4.79 Å². The molecule has 0 bridgehead atoms. The van der Waals surface area contributed by atoms with E-state index >= 15 is 0 Å². The summed E-state index contributed by atoms with van der Waals surface area (Å²) in [7, 11) is 1.28. The Hall–Kier alpha value is -2.93. The number of carbonyl (C=O) groups excluding carboxylic acids is 3. The summed E-state index contributed by atoms with van der Waals surface area (Å²) >= 11 is 5.74. The van der Waals surface area contributed by atoms with Crippen LogP contribution in [0, 0.1) is 0 Å². The van der Waals surface area contributed by atoms with Crippen molar-refractivity contribution in [1.82, 2.24) is 4.98 Å². The van der Waals surface area contributed by atoms with Crippen LogP contribution in [-0.4, -0.2) is 36.5 Å². The van der Waals surface area contributed by atoms with Crippen LogP contribution >= 0.6 is 11.6 Å². The average Bonchev–Trinajstić information content (AvgIpc) is 2.59. The minimum Gasteiger partial charge on any atom is -0.465 e. The Labute approximate surface area is 142 Å². The van der Waals surface area contributed by atoms with Crippen LogP contribution in [0.5, 0.6) is 0 Å². The van der Waals surface area contributed by atoms with E-state index in [9.17, 15) is 14.4 Å². The second-order valence-electron chi connectivity index (χ2n) is 4.55. The van der Waals surface area contributed by atoms with Crippen molar-refractivity contribution in [2.24, 2.45) is 0 Å². The molecule has 0 radical (unpaired) electrons. The first kappa shape index (κ1) is 17.4. The largest absolute Gasteiger partial charge is 0.465 e. The molecule has 0 saturated heterocycles. The number of benzene rings is 1. The van der Waals surface area contributed by atoms with Crippen molar-refractivity contribution >= 4 is 35.1 Å². The molecule has 0 saturated carbocycles. The van der Waals surface area contributed by atoms with Crippen LogP contribution in [0.1, 0.15) is 20.8 Å². The van der Waals surface area contributed by atoms with Crippen molar-refractivity contribution in [3.63, 3.8) is 0 Å². The number of anilines is 1. The highest BCUT2D eigenvalue weighted by molar-refractivity contribution is 6.30. The Morgan fingerprint density at radius 1 is 1.12 bits per heavy atom. The number of esters is 2.